The van der Waals surface area contributed by atoms with Crippen LogP contribution in [0.2, 0.25) is 0 Å². The second-order valence-electron chi connectivity index (χ2n) is 9.67. The van der Waals surface area contributed by atoms with Crippen molar-refractivity contribution in [1.82, 2.24) is 14.6 Å². The minimum Gasteiger partial charge on any atom is -0.485 e. The van der Waals surface area contributed by atoms with E-state index in [-0.39, 0.29) is 5.60 Å². The number of aryl methyl sites for hydroxylation is 1. The highest BCUT2D eigenvalue weighted by Gasteiger charge is 2.40. The number of likely N-dealkylation sites (tertiary alicyclic amines) is 1. The van der Waals surface area contributed by atoms with Gasteiger partial charge < -0.3 is 20.3 Å². The molecule has 9 heteroatoms. The number of amidine groups is 2. The van der Waals surface area contributed by atoms with Crippen molar-refractivity contribution in [3.05, 3.63) is 17.8 Å². The van der Waals surface area contributed by atoms with E-state index < -0.39 is 0 Å². The van der Waals surface area contributed by atoms with Crippen molar-refractivity contribution in [2.45, 2.75) is 58.0 Å². The van der Waals surface area contributed by atoms with Gasteiger partial charge in [-0.1, -0.05) is 26.7 Å². The van der Waals surface area contributed by atoms with Crippen molar-refractivity contribution in [3.63, 3.8) is 0 Å². The Morgan fingerprint density at radius 2 is 2.06 bits per heavy atom. The maximum absolute atomic E-state index is 6.63. The predicted molar refractivity (Wildman–Crippen MR) is 139 cm³/mol. The summed E-state index contributed by atoms with van der Waals surface area (Å²) in [4.78, 5) is 18.9. The van der Waals surface area contributed by atoms with Gasteiger partial charge in [0.25, 0.3) is 0 Å². The van der Waals surface area contributed by atoms with Gasteiger partial charge in [0.1, 0.15) is 28.8 Å². The zero-order valence-corrected chi connectivity index (χ0v) is 21.0. The van der Waals surface area contributed by atoms with E-state index in [9.17, 15) is 0 Å². The van der Waals surface area contributed by atoms with Crippen LogP contribution in [0.1, 0.15) is 51.5 Å². The molecule has 3 aliphatic heterocycles. The van der Waals surface area contributed by atoms with Gasteiger partial charge in [-0.3, -0.25) is 9.71 Å². The maximum Gasteiger partial charge on any atom is 0.141 e. The summed E-state index contributed by atoms with van der Waals surface area (Å²) in [7, 11) is 0. The van der Waals surface area contributed by atoms with E-state index in [1.54, 1.807) is 0 Å². The fourth-order valence-corrected chi connectivity index (χ4v) is 5.01. The first-order valence-electron chi connectivity index (χ1n) is 12.4. The molecule has 1 spiro atoms. The number of thiol groups is 1. The largest absolute Gasteiger partial charge is 0.485 e. The van der Waals surface area contributed by atoms with Crippen molar-refractivity contribution < 1.29 is 4.74 Å². The van der Waals surface area contributed by atoms with E-state index in [1.807, 2.05) is 6.20 Å². The van der Waals surface area contributed by atoms with Crippen LogP contribution in [0, 0.1) is 5.92 Å². The van der Waals surface area contributed by atoms with Crippen molar-refractivity contribution >= 4 is 30.3 Å². The van der Waals surface area contributed by atoms with Crippen LogP contribution in [-0.2, 0) is 6.42 Å². The third-order valence-electron chi connectivity index (χ3n) is 6.99. The van der Waals surface area contributed by atoms with Gasteiger partial charge in [0.15, 0.2) is 0 Å². The summed E-state index contributed by atoms with van der Waals surface area (Å²) in [6.45, 7) is 10.3. The van der Waals surface area contributed by atoms with Crippen LogP contribution in [0.15, 0.2) is 22.2 Å². The second kappa shape index (κ2) is 11.1. The third kappa shape index (κ3) is 5.81. The van der Waals surface area contributed by atoms with Gasteiger partial charge in [0.05, 0.1) is 12.7 Å². The third-order valence-corrected chi connectivity index (χ3v) is 7.22. The molecule has 4 heterocycles. The van der Waals surface area contributed by atoms with Gasteiger partial charge in [-0.05, 0) is 43.9 Å². The Morgan fingerprint density at radius 1 is 1.24 bits per heavy atom. The zero-order valence-electron chi connectivity index (χ0n) is 20.1. The lowest BCUT2D eigenvalue weighted by Gasteiger charge is -2.45. The number of hydrogen-bond acceptors (Lipinski definition) is 9. The minimum absolute atomic E-state index is 0.0790. The Hall–Kier alpha value is -1.84. The lowest BCUT2D eigenvalue weighted by molar-refractivity contribution is -0.00108. The molecule has 1 aromatic rings. The number of fused-ring (bicyclic) bond motifs is 1. The summed E-state index contributed by atoms with van der Waals surface area (Å²) in [5.74, 6) is 4.47. The van der Waals surface area contributed by atoms with Crippen LogP contribution in [0.25, 0.3) is 0 Å². The molecule has 4 rings (SSSR count). The summed E-state index contributed by atoms with van der Waals surface area (Å²) in [5.41, 5.74) is 6.87. The van der Waals surface area contributed by atoms with E-state index in [0.717, 1.165) is 108 Å². The van der Waals surface area contributed by atoms with Crippen LogP contribution in [0.4, 0.5) is 5.82 Å². The Labute approximate surface area is 203 Å². The van der Waals surface area contributed by atoms with Crippen LogP contribution < -0.4 is 20.1 Å². The fraction of sp³-hybridized carbons (Fsp3) is 0.708. The van der Waals surface area contributed by atoms with E-state index in [4.69, 9.17) is 20.4 Å². The molecular formula is C24H39N7OS. The van der Waals surface area contributed by atoms with Gasteiger partial charge in [-0.15, -0.1) is 0 Å². The lowest BCUT2D eigenvalue weighted by atomic mass is 9.83. The Kier molecular flexibility index (Phi) is 8.14. The molecule has 0 amide bonds. The SMILES string of the molecule is CC(C)C1=NCC(N2CCC3(CCc4cc(N(CCCCN)CCNS)ncc4O3)CC2)=N1. The molecule has 1 saturated heterocycles. The number of hydrogen-bond donors (Lipinski definition) is 3. The first kappa shape index (κ1) is 24.3. The normalized spacial score (nSPS) is 19.4. The summed E-state index contributed by atoms with van der Waals surface area (Å²) < 4.78 is 9.57. The number of aromatic nitrogens is 1. The van der Waals surface area contributed by atoms with Crippen LogP contribution in [0.3, 0.4) is 0 Å². The molecule has 0 aliphatic carbocycles. The molecule has 182 valence electrons. The molecule has 0 aromatic carbocycles. The standard InChI is InChI=1S/C24H39N7OS/c1-18(2)23-27-17-22(29-23)31-12-7-24(8-13-31)6-5-19-15-21(26-16-20(19)32-24)30(14-10-28-33)11-4-3-9-25/h15-16,18,28,33H,3-14,17,25H2,1-2H3. The number of pyridine rings is 1. The molecule has 8 nitrogen and oxygen atoms in total. The van der Waals surface area contributed by atoms with Gasteiger partial charge in [0.2, 0.25) is 0 Å². The van der Waals surface area contributed by atoms with Crippen molar-refractivity contribution in [3.8, 4) is 5.75 Å². The van der Waals surface area contributed by atoms with E-state index in [1.165, 1.54) is 5.56 Å². The molecule has 0 unspecified atom stereocenters. The molecule has 0 bridgehead atoms. The minimum atomic E-state index is -0.0790. The van der Waals surface area contributed by atoms with Gasteiger partial charge in [-0.2, -0.15) is 0 Å². The van der Waals surface area contributed by atoms with Crippen LogP contribution in [0.5, 0.6) is 5.75 Å². The highest BCUT2D eigenvalue weighted by Crippen LogP contribution is 2.40. The maximum atomic E-state index is 6.63. The Morgan fingerprint density at radius 3 is 2.76 bits per heavy atom. The van der Waals surface area contributed by atoms with Gasteiger partial charge >= 0.3 is 0 Å². The quantitative estimate of drug-likeness (QED) is 0.377. The molecule has 33 heavy (non-hydrogen) atoms. The lowest BCUT2D eigenvalue weighted by Crippen LogP contribution is -2.51. The second-order valence-corrected chi connectivity index (χ2v) is 9.99. The number of rotatable bonds is 9. The highest BCUT2D eigenvalue weighted by molar-refractivity contribution is 7.78. The number of aliphatic imine (C=N–C) groups is 2. The number of anilines is 1. The molecule has 0 saturated carbocycles. The first-order chi connectivity index (χ1) is 16.0. The Balaban J connectivity index is 1.37. The number of piperidine rings is 1. The summed E-state index contributed by atoms with van der Waals surface area (Å²) in [5, 5.41) is 0. The number of nitrogens with zero attached hydrogens (tertiary/aromatic N) is 5. The summed E-state index contributed by atoms with van der Waals surface area (Å²) >= 11 is 4.15. The molecule has 1 fully saturated rings. The van der Waals surface area contributed by atoms with Crippen LogP contribution in [-0.4, -0.2) is 73.0 Å². The molecule has 3 N–H and O–H groups in total. The molecule has 1 aromatic heterocycles. The van der Waals surface area contributed by atoms with Crippen molar-refractivity contribution in [1.29, 1.82) is 0 Å². The average Bonchev–Trinajstić information content (AvgIpc) is 3.32. The van der Waals surface area contributed by atoms with Crippen molar-refractivity contribution in [2.24, 2.45) is 21.6 Å². The van der Waals surface area contributed by atoms with Gasteiger partial charge in [0, 0.05) is 51.5 Å². The smallest absolute Gasteiger partial charge is 0.141 e. The van der Waals surface area contributed by atoms with E-state index in [2.05, 4.69) is 52.2 Å². The zero-order chi connectivity index (χ0) is 23.3. The fourth-order valence-electron chi connectivity index (χ4n) is 4.91. The predicted octanol–water partition coefficient (Wildman–Crippen LogP) is 2.69. The van der Waals surface area contributed by atoms with E-state index >= 15 is 0 Å². The highest BCUT2D eigenvalue weighted by atomic mass is 32.1. The number of nitrogens with two attached hydrogens (primary N) is 1. The topological polar surface area (TPSA) is 91.4 Å². The first-order valence-corrected chi connectivity index (χ1v) is 12.8. The molecular weight excluding hydrogens is 434 g/mol. The number of unbranched alkanes of at least 4 members (excludes halogenated alkanes) is 1. The summed E-state index contributed by atoms with van der Waals surface area (Å²) in [6, 6.07) is 2.22. The van der Waals surface area contributed by atoms with Crippen molar-refractivity contribution in [2.75, 3.05) is 50.7 Å². The van der Waals surface area contributed by atoms with E-state index in [0.29, 0.717) is 5.92 Å². The molecule has 0 atom stereocenters. The van der Waals surface area contributed by atoms with Gasteiger partial charge in [-0.25, -0.2) is 9.98 Å². The Bertz CT molecular complexity index is 864. The molecule has 0 radical (unpaired) electrons. The monoisotopic (exact) mass is 473 g/mol. The van der Waals surface area contributed by atoms with Crippen LogP contribution >= 0.6 is 12.8 Å². The summed E-state index contributed by atoms with van der Waals surface area (Å²) in [6.07, 6.45) is 8.15. The number of ether oxygens (including phenoxy) is 1. The average molecular weight is 474 g/mol. The molecule has 3 aliphatic rings. The number of nitrogens with one attached hydrogen (secondary N) is 1.